The highest BCUT2D eigenvalue weighted by atomic mass is 32.1. The third-order valence-electron chi connectivity index (χ3n) is 7.74. The zero-order valence-corrected chi connectivity index (χ0v) is 22.2. The Balaban J connectivity index is 1.39. The SMILES string of the molecule is N#Cc1c(-c2ccc3c(c2)oc2ccccc23)cc(-c2ccccc2)cc1-c1ccc2c(c1)sc1ccccc12. The molecule has 6 aromatic carbocycles. The molecule has 0 aliphatic carbocycles. The summed E-state index contributed by atoms with van der Waals surface area (Å²) in [6.07, 6.45) is 0. The number of rotatable bonds is 3. The zero-order valence-electron chi connectivity index (χ0n) is 21.4. The van der Waals surface area contributed by atoms with Crippen LogP contribution in [0, 0.1) is 11.3 Å². The first kappa shape index (κ1) is 22.8. The van der Waals surface area contributed by atoms with E-state index in [1.807, 2.05) is 24.3 Å². The Morgan fingerprint density at radius 1 is 0.475 bits per heavy atom. The minimum absolute atomic E-state index is 0.663. The Labute approximate surface area is 235 Å². The maximum atomic E-state index is 10.6. The normalized spacial score (nSPS) is 11.5. The molecule has 0 amide bonds. The van der Waals surface area contributed by atoms with Crippen molar-refractivity contribution in [3.05, 3.63) is 133 Å². The molecule has 0 spiro atoms. The number of thiophene rings is 1. The van der Waals surface area contributed by atoms with Crippen LogP contribution in [0.1, 0.15) is 5.56 Å². The van der Waals surface area contributed by atoms with E-state index in [2.05, 4.69) is 109 Å². The zero-order chi connectivity index (χ0) is 26.6. The van der Waals surface area contributed by atoms with Gasteiger partial charge in [-0.25, -0.2) is 0 Å². The third kappa shape index (κ3) is 3.55. The second-order valence-electron chi connectivity index (χ2n) is 10.0. The van der Waals surface area contributed by atoms with Crippen molar-refractivity contribution in [1.82, 2.24) is 0 Å². The lowest BCUT2D eigenvalue weighted by atomic mass is 9.88. The summed E-state index contributed by atoms with van der Waals surface area (Å²) >= 11 is 1.79. The monoisotopic (exact) mass is 527 g/mol. The highest BCUT2D eigenvalue weighted by Crippen LogP contribution is 2.41. The Kier molecular flexibility index (Phi) is 5.10. The molecule has 0 atom stereocenters. The van der Waals surface area contributed by atoms with E-state index < -0.39 is 0 Å². The Morgan fingerprint density at radius 2 is 1.10 bits per heavy atom. The third-order valence-corrected chi connectivity index (χ3v) is 8.87. The summed E-state index contributed by atoms with van der Waals surface area (Å²) in [7, 11) is 0. The van der Waals surface area contributed by atoms with Gasteiger partial charge in [-0.1, -0.05) is 84.9 Å². The number of nitrogens with zero attached hydrogens (tertiary/aromatic N) is 1. The highest BCUT2D eigenvalue weighted by molar-refractivity contribution is 7.25. The number of nitriles is 1. The van der Waals surface area contributed by atoms with E-state index in [1.165, 1.54) is 20.2 Å². The number of hydrogen-bond donors (Lipinski definition) is 0. The topological polar surface area (TPSA) is 36.9 Å². The summed E-state index contributed by atoms with van der Waals surface area (Å²) in [5, 5.41) is 15.3. The van der Waals surface area contributed by atoms with Crippen molar-refractivity contribution in [2.24, 2.45) is 0 Å². The van der Waals surface area contributed by atoms with Gasteiger partial charge in [-0.05, 0) is 64.7 Å². The van der Waals surface area contributed by atoms with Crippen LogP contribution in [-0.4, -0.2) is 0 Å². The van der Waals surface area contributed by atoms with Gasteiger partial charge in [0.05, 0.1) is 5.56 Å². The van der Waals surface area contributed by atoms with Gasteiger partial charge in [-0.15, -0.1) is 11.3 Å². The van der Waals surface area contributed by atoms with Gasteiger partial charge in [0.25, 0.3) is 0 Å². The summed E-state index contributed by atoms with van der Waals surface area (Å²) in [6, 6.07) is 46.7. The fourth-order valence-electron chi connectivity index (χ4n) is 5.80. The van der Waals surface area contributed by atoms with Crippen LogP contribution in [0.25, 0.3) is 75.5 Å². The minimum atomic E-state index is 0.663. The Morgan fingerprint density at radius 3 is 1.90 bits per heavy atom. The van der Waals surface area contributed by atoms with Crippen molar-refractivity contribution in [2.75, 3.05) is 0 Å². The molecule has 2 heterocycles. The van der Waals surface area contributed by atoms with Crippen LogP contribution in [0.4, 0.5) is 0 Å². The summed E-state index contributed by atoms with van der Waals surface area (Å²) in [5.74, 6) is 0. The van der Waals surface area contributed by atoms with Crippen molar-refractivity contribution in [3.8, 4) is 39.4 Å². The number of furan rings is 1. The molecule has 40 heavy (non-hydrogen) atoms. The Bertz CT molecular complexity index is 2150. The van der Waals surface area contributed by atoms with E-state index >= 15 is 0 Å². The number of para-hydroxylation sites is 1. The van der Waals surface area contributed by atoms with Crippen molar-refractivity contribution < 1.29 is 4.42 Å². The lowest BCUT2D eigenvalue weighted by Gasteiger charge is -2.14. The van der Waals surface area contributed by atoms with Crippen LogP contribution in [0.3, 0.4) is 0 Å². The molecular weight excluding hydrogens is 506 g/mol. The molecular formula is C37H21NOS. The molecule has 8 aromatic rings. The van der Waals surface area contributed by atoms with Crippen LogP contribution in [0.2, 0.25) is 0 Å². The summed E-state index contributed by atoms with van der Waals surface area (Å²) in [5.41, 5.74) is 8.38. The van der Waals surface area contributed by atoms with Crippen molar-refractivity contribution in [2.45, 2.75) is 0 Å². The fourth-order valence-corrected chi connectivity index (χ4v) is 6.95. The smallest absolute Gasteiger partial charge is 0.136 e. The second kappa shape index (κ2) is 8.95. The average molecular weight is 528 g/mol. The summed E-state index contributed by atoms with van der Waals surface area (Å²) in [4.78, 5) is 0. The van der Waals surface area contributed by atoms with Crippen LogP contribution in [0.5, 0.6) is 0 Å². The van der Waals surface area contributed by atoms with E-state index in [9.17, 15) is 5.26 Å². The standard InChI is InChI=1S/C37H21NOS/c38-22-33-31(24-14-16-28-27-10-4-6-12-34(27)39-35(28)20-24)18-26(23-8-2-1-3-9-23)19-32(33)25-15-17-30-29-11-5-7-13-36(29)40-37(30)21-25/h1-21H. The van der Waals surface area contributed by atoms with Crippen molar-refractivity contribution in [3.63, 3.8) is 0 Å². The molecule has 186 valence electrons. The van der Waals surface area contributed by atoms with Gasteiger partial charge in [-0.2, -0.15) is 5.26 Å². The molecule has 8 rings (SSSR count). The lowest BCUT2D eigenvalue weighted by Crippen LogP contribution is -1.93. The molecule has 2 aromatic heterocycles. The molecule has 0 saturated carbocycles. The summed E-state index contributed by atoms with van der Waals surface area (Å²) < 4.78 is 8.70. The molecule has 0 aliphatic rings. The second-order valence-corrected chi connectivity index (χ2v) is 11.1. The molecule has 0 saturated heterocycles. The fraction of sp³-hybridized carbons (Fsp3) is 0. The maximum absolute atomic E-state index is 10.6. The number of hydrogen-bond acceptors (Lipinski definition) is 3. The first-order valence-corrected chi connectivity index (χ1v) is 14.1. The first-order valence-electron chi connectivity index (χ1n) is 13.2. The molecule has 0 radical (unpaired) electrons. The van der Waals surface area contributed by atoms with Crippen LogP contribution in [-0.2, 0) is 0 Å². The molecule has 2 nitrogen and oxygen atoms in total. The summed E-state index contributed by atoms with van der Waals surface area (Å²) in [6.45, 7) is 0. The van der Waals surface area contributed by atoms with Crippen molar-refractivity contribution >= 4 is 53.4 Å². The van der Waals surface area contributed by atoms with Crippen LogP contribution < -0.4 is 0 Å². The Hall–Kier alpha value is -5.17. The molecule has 0 aliphatic heterocycles. The molecule has 3 heteroatoms. The largest absolute Gasteiger partial charge is 0.456 e. The average Bonchev–Trinajstić information content (AvgIpc) is 3.58. The van der Waals surface area contributed by atoms with E-state index in [4.69, 9.17) is 4.42 Å². The van der Waals surface area contributed by atoms with Crippen LogP contribution in [0.15, 0.2) is 132 Å². The van der Waals surface area contributed by atoms with Gasteiger partial charge in [-0.3, -0.25) is 0 Å². The number of benzene rings is 6. The van der Waals surface area contributed by atoms with Gasteiger partial charge < -0.3 is 4.42 Å². The van der Waals surface area contributed by atoms with Crippen molar-refractivity contribution in [1.29, 1.82) is 5.26 Å². The predicted octanol–water partition coefficient (Wildman–Crippen LogP) is 10.8. The molecule has 0 fully saturated rings. The maximum Gasteiger partial charge on any atom is 0.136 e. The molecule has 0 bridgehead atoms. The molecule has 0 unspecified atom stereocenters. The van der Waals surface area contributed by atoms with E-state index in [0.29, 0.717) is 5.56 Å². The quantitative estimate of drug-likeness (QED) is 0.229. The number of fused-ring (bicyclic) bond motifs is 6. The first-order chi connectivity index (χ1) is 19.8. The minimum Gasteiger partial charge on any atom is -0.456 e. The lowest BCUT2D eigenvalue weighted by molar-refractivity contribution is 0.669. The van der Waals surface area contributed by atoms with Gasteiger partial charge in [0.1, 0.15) is 17.2 Å². The van der Waals surface area contributed by atoms with E-state index in [-0.39, 0.29) is 0 Å². The van der Waals surface area contributed by atoms with Gasteiger partial charge in [0.15, 0.2) is 0 Å². The van der Waals surface area contributed by atoms with Gasteiger partial charge in [0, 0.05) is 42.1 Å². The highest BCUT2D eigenvalue weighted by Gasteiger charge is 2.18. The van der Waals surface area contributed by atoms with Gasteiger partial charge in [0.2, 0.25) is 0 Å². The van der Waals surface area contributed by atoms with Crippen LogP contribution >= 0.6 is 11.3 Å². The van der Waals surface area contributed by atoms with E-state index in [0.717, 1.165) is 55.3 Å². The van der Waals surface area contributed by atoms with Gasteiger partial charge >= 0.3 is 0 Å². The van der Waals surface area contributed by atoms with E-state index in [1.54, 1.807) is 11.3 Å². The molecule has 0 N–H and O–H groups in total. The predicted molar refractivity (Wildman–Crippen MR) is 168 cm³/mol.